The molecule has 0 aliphatic carbocycles. The molecule has 3 N–H and O–H groups in total. The molecule has 0 fully saturated rings. The summed E-state index contributed by atoms with van der Waals surface area (Å²) in [7, 11) is 0. The van der Waals surface area contributed by atoms with E-state index in [9.17, 15) is 19.8 Å². The third-order valence-corrected chi connectivity index (χ3v) is 12.5. The molecule has 0 aliphatic rings. The molecule has 0 bridgehead atoms. The molecule has 0 radical (unpaired) electrons. The van der Waals surface area contributed by atoms with E-state index in [4.69, 9.17) is 4.74 Å². The third kappa shape index (κ3) is 44.7. The zero-order chi connectivity index (χ0) is 44.5. The molecule has 0 aromatic carbocycles. The zero-order valence-electron chi connectivity index (χ0n) is 41.1. The molecule has 0 aromatic heterocycles. The minimum Gasteiger partial charge on any atom is -0.462 e. The summed E-state index contributed by atoms with van der Waals surface area (Å²) >= 11 is 0. The number of aliphatic hydroxyl groups is 2. The first-order chi connectivity index (χ1) is 30.0. The fourth-order valence-electron chi connectivity index (χ4n) is 8.40. The number of carbonyl (C=O) groups excluding carboxylic acids is 2. The Morgan fingerprint density at radius 2 is 0.836 bits per heavy atom. The van der Waals surface area contributed by atoms with Crippen LogP contribution in [0.3, 0.4) is 0 Å². The van der Waals surface area contributed by atoms with Gasteiger partial charge in [0.2, 0.25) is 5.91 Å². The lowest BCUT2D eigenvalue weighted by molar-refractivity contribution is -0.151. The highest BCUT2D eigenvalue weighted by Crippen LogP contribution is 2.18. The molecule has 3 unspecified atom stereocenters. The van der Waals surface area contributed by atoms with Gasteiger partial charge in [0.15, 0.2) is 0 Å². The maximum atomic E-state index is 13.2. The van der Waals surface area contributed by atoms with Gasteiger partial charge in [0.05, 0.1) is 25.2 Å². The molecule has 0 rings (SSSR count). The molecule has 0 saturated carbocycles. The van der Waals surface area contributed by atoms with Crippen LogP contribution in [0.2, 0.25) is 0 Å². The van der Waals surface area contributed by atoms with E-state index in [0.717, 1.165) is 70.6 Å². The molecular formula is C55H105NO5. The summed E-state index contributed by atoms with van der Waals surface area (Å²) in [5, 5.41) is 23.7. The van der Waals surface area contributed by atoms with Crippen molar-refractivity contribution in [3.8, 4) is 0 Å². The van der Waals surface area contributed by atoms with Crippen LogP contribution in [-0.2, 0) is 14.3 Å². The van der Waals surface area contributed by atoms with Crippen LogP contribution in [-0.4, -0.2) is 46.9 Å². The highest BCUT2D eigenvalue weighted by molar-refractivity contribution is 5.77. The first kappa shape index (κ1) is 59.3. The van der Waals surface area contributed by atoms with E-state index in [-0.39, 0.29) is 24.9 Å². The Bertz CT molecular complexity index is 966. The summed E-state index contributed by atoms with van der Waals surface area (Å²) in [5.41, 5.74) is 0. The molecule has 1 amide bonds. The largest absolute Gasteiger partial charge is 0.462 e. The smallest absolute Gasteiger partial charge is 0.306 e. The normalized spacial score (nSPS) is 13.3. The summed E-state index contributed by atoms with van der Waals surface area (Å²) in [6.07, 6.45) is 56.7. The molecule has 360 valence electrons. The molecule has 3 atom stereocenters. The van der Waals surface area contributed by atoms with Crippen molar-refractivity contribution in [2.75, 3.05) is 6.61 Å². The topological polar surface area (TPSA) is 95.9 Å². The summed E-state index contributed by atoms with van der Waals surface area (Å²) in [5.74, 6) is -0.466. The summed E-state index contributed by atoms with van der Waals surface area (Å²) in [4.78, 5) is 26.2. The van der Waals surface area contributed by atoms with Crippen molar-refractivity contribution in [2.45, 2.75) is 309 Å². The van der Waals surface area contributed by atoms with Crippen molar-refractivity contribution in [3.05, 3.63) is 24.3 Å². The van der Waals surface area contributed by atoms with Crippen molar-refractivity contribution in [3.63, 3.8) is 0 Å². The highest BCUT2D eigenvalue weighted by Gasteiger charge is 2.24. The Morgan fingerprint density at radius 1 is 0.475 bits per heavy atom. The van der Waals surface area contributed by atoms with E-state index in [0.29, 0.717) is 19.3 Å². The highest BCUT2D eigenvalue weighted by atomic mass is 16.5. The van der Waals surface area contributed by atoms with Crippen molar-refractivity contribution in [2.24, 2.45) is 0 Å². The van der Waals surface area contributed by atoms with E-state index in [2.05, 4.69) is 50.4 Å². The second kappa shape index (κ2) is 49.4. The Hall–Kier alpha value is -1.66. The average molecular weight is 860 g/mol. The molecule has 6 nitrogen and oxygen atoms in total. The minimum atomic E-state index is -0.785. The number of allylic oxidation sites excluding steroid dienone is 4. The van der Waals surface area contributed by atoms with Crippen molar-refractivity contribution >= 4 is 11.9 Å². The van der Waals surface area contributed by atoms with Crippen molar-refractivity contribution in [1.29, 1.82) is 0 Å². The number of ether oxygens (including phenoxy) is 1. The number of nitrogens with one attached hydrogen (secondary N) is 1. The van der Waals surface area contributed by atoms with Crippen LogP contribution in [0.5, 0.6) is 0 Å². The maximum Gasteiger partial charge on any atom is 0.306 e. The predicted octanol–water partition coefficient (Wildman–Crippen LogP) is 16.3. The van der Waals surface area contributed by atoms with Gasteiger partial charge in [-0.25, -0.2) is 0 Å². The quantitative estimate of drug-likeness (QED) is 0.0322. The number of unbranched alkanes of at least 4 members (excludes halogenated alkanes) is 33. The number of amides is 1. The SMILES string of the molecule is CCCCC/C=C\C/C=C\CCCCCCCCCC(CC(=O)NC(CO)C(O)CCCCCCCCCCCC)OC(=O)CCCCCCCCCCCCCCCCC. The Kier molecular flexibility index (Phi) is 48.0. The van der Waals surface area contributed by atoms with Crippen LogP contribution in [0.4, 0.5) is 0 Å². The second-order valence-corrected chi connectivity index (χ2v) is 18.6. The first-order valence-electron chi connectivity index (χ1n) is 27.1. The van der Waals surface area contributed by atoms with E-state index < -0.39 is 18.2 Å². The van der Waals surface area contributed by atoms with E-state index in [1.165, 1.54) is 173 Å². The lowest BCUT2D eigenvalue weighted by Gasteiger charge is -2.24. The van der Waals surface area contributed by atoms with Crippen LogP contribution >= 0.6 is 0 Å². The van der Waals surface area contributed by atoms with Crippen molar-refractivity contribution in [1.82, 2.24) is 5.32 Å². The van der Waals surface area contributed by atoms with Gasteiger partial charge in [-0.1, -0.05) is 244 Å². The van der Waals surface area contributed by atoms with Gasteiger partial charge in [-0.3, -0.25) is 9.59 Å². The van der Waals surface area contributed by atoms with E-state index in [1.807, 2.05) is 0 Å². The summed E-state index contributed by atoms with van der Waals surface area (Å²) in [6, 6.07) is -0.699. The fraction of sp³-hybridized carbons (Fsp3) is 0.891. The average Bonchev–Trinajstić information content (AvgIpc) is 3.25. The monoisotopic (exact) mass is 860 g/mol. The zero-order valence-corrected chi connectivity index (χ0v) is 41.1. The maximum absolute atomic E-state index is 13.2. The molecule has 6 heteroatoms. The van der Waals surface area contributed by atoms with Crippen LogP contribution < -0.4 is 5.32 Å². The lowest BCUT2D eigenvalue weighted by atomic mass is 10.0. The predicted molar refractivity (Wildman–Crippen MR) is 264 cm³/mol. The standard InChI is InChI=1S/C55H105NO5/c1-4-7-10-13-16-19-22-24-26-27-29-30-32-34-37-40-43-46-51(61-55(60)48-45-42-39-36-33-31-28-25-23-20-17-14-11-8-5-2)49-54(59)56-52(50-57)53(58)47-44-41-38-35-21-18-15-12-9-6-3/h16,19,24,26,51-53,57-58H,4-15,17-18,20-23,25,27-50H2,1-3H3,(H,56,59)/b19-16-,26-24-. The number of esters is 1. The lowest BCUT2D eigenvalue weighted by Crippen LogP contribution is -2.46. The van der Waals surface area contributed by atoms with Gasteiger partial charge >= 0.3 is 5.97 Å². The molecule has 0 saturated heterocycles. The number of carbonyl (C=O) groups is 2. The first-order valence-corrected chi connectivity index (χ1v) is 27.1. The van der Waals surface area contributed by atoms with Gasteiger partial charge in [-0.2, -0.15) is 0 Å². The van der Waals surface area contributed by atoms with Crippen LogP contribution in [0.25, 0.3) is 0 Å². The Morgan fingerprint density at radius 3 is 1.28 bits per heavy atom. The van der Waals surface area contributed by atoms with Gasteiger partial charge in [-0.05, 0) is 57.8 Å². The van der Waals surface area contributed by atoms with Crippen LogP contribution in [0, 0.1) is 0 Å². The number of aliphatic hydroxyl groups excluding tert-OH is 2. The van der Waals surface area contributed by atoms with Gasteiger partial charge in [0, 0.05) is 6.42 Å². The number of hydrogen-bond donors (Lipinski definition) is 3. The number of rotatable bonds is 49. The van der Waals surface area contributed by atoms with Crippen LogP contribution in [0.1, 0.15) is 290 Å². The summed E-state index contributed by atoms with van der Waals surface area (Å²) < 4.78 is 5.95. The molecular weight excluding hydrogens is 755 g/mol. The van der Waals surface area contributed by atoms with E-state index in [1.54, 1.807) is 0 Å². The molecule has 0 aliphatic heterocycles. The molecule has 0 spiro atoms. The van der Waals surface area contributed by atoms with Crippen molar-refractivity contribution < 1.29 is 24.5 Å². The number of hydrogen-bond acceptors (Lipinski definition) is 5. The minimum absolute atomic E-state index is 0.0776. The fourth-order valence-corrected chi connectivity index (χ4v) is 8.40. The van der Waals surface area contributed by atoms with Gasteiger partial charge < -0.3 is 20.3 Å². The summed E-state index contributed by atoms with van der Waals surface area (Å²) in [6.45, 7) is 6.47. The van der Waals surface area contributed by atoms with Gasteiger partial charge in [0.25, 0.3) is 0 Å². The molecule has 0 heterocycles. The van der Waals surface area contributed by atoms with E-state index >= 15 is 0 Å². The molecule has 61 heavy (non-hydrogen) atoms. The van der Waals surface area contributed by atoms with Gasteiger partial charge in [-0.15, -0.1) is 0 Å². The Balaban J connectivity index is 4.55. The van der Waals surface area contributed by atoms with Crippen LogP contribution in [0.15, 0.2) is 24.3 Å². The Labute approximate surface area is 380 Å². The second-order valence-electron chi connectivity index (χ2n) is 18.6. The molecule has 0 aromatic rings. The van der Waals surface area contributed by atoms with Gasteiger partial charge in [0.1, 0.15) is 6.10 Å². The third-order valence-electron chi connectivity index (χ3n) is 12.5.